The van der Waals surface area contributed by atoms with Gasteiger partial charge in [-0.05, 0) is 23.8 Å². The number of rotatable bonds is 6. The van der Waals surface area contributed by atoms with Crippen LogP contribution in [0.3, 0.4) is 0 Å². The van der Waals surface area contributed by atoms with Gasteiger partial charge < -0.3 is 19.9 Å². The van der Waals surface area contributed by atoms with Crippen LogP contribution in [0.2, 0.25) is 0 Å². The van der Waals surface area contributed by atoms with Gasteiger partial charge in [0.1, 0.15) is 12.1 Å². The van der Waals surface area contributed by atoms with Crippen LogP contribution in [0.5, 0.6) is 11.5 Å². The summed E-state index contributed by atoms with van der Waals surface area (Å²) in [6.07, 6.45) is 1.46. The number of carbonyl (C=O) groups is 1. The van der Waals surface area contributed by atoms with Crippen LogP contribution in [0.1, 0.15) is 5.56 Å². The Morgan fingerprint density at radius 1 is 1.08 bits per heavy atom. The number of anilines is 2. The predicted octanol–water partition coefficient (Wildman–Crippen LogP) is 3.02. The van der Waals surface area contributed by atoms with Gasteiger partial charge in [0, 0.05) is 17.1 Å². The third-order valence-corrected chi connectivity index (χ3v) is 3.71. The Balaban J connectivity index is 1.94. The smallest absolute Gasteiger partial charge is 0.307 e. The van der Waals surface area contributed by atoms with E-state index in [1.165, 1.54) is 6.33 Å². The van der Waals surface area contributed by atoms with Gasteiger partial charge in [0.2, 0.25) is 0 Å². The van der Waals surface area contributed by atoms with E-state index < -0.39 is 5.97 Å². The molecule has 0 amide bonds. The van der Waals surface area contributed by atoms with Gasteiger partial charge in [0.05, 0.1) is 26.2 Å². The number of aliphatic carboxylic acids is 1. The standard InChI is InChI=1S/C18H17N3O4/c1-24-15-8-13-14(9-16(15)25-2)19-10-20-18(13)21-12-5-3-11(4-6-12)7-17(22)23/h3-6,8-10H,7H2,1-2H3,(H,22,23)(H,19,20,21). The fraction of sp³-hybridized carbons (Fsp3) is 0.167. The maximum absolute atomic E-state index is 10.7. The average molecular weight is 339 g/mol. The summed E-state index contributed by atoms with van der Waals surface area (Å²) in [4.78, 5) is 19.3. The first kappa shape index (κ1) is 16.5. The maximum Gasteiger partial charge on any atom is 0.307 e. The molecule has 2 aromatic carbocycles. The van der Waals surface area contributed by atoms with E-state index in [0.29, 0.717) is 17.3 Å². The van der Waals surface area contributed by atoms with Crippen molar-refractivity contribution in [3.8, 4) is 11.5 Å². The summed E-state index contributed by atoms with van der Waals surface area (Å²) in [7, 11) is 3.14. The molecule has 0 unspecified atom stereocenters. The number of aromatic nitrogens is 2. The highest BCUT2D eigenvalue weighted by Gasteiger charge is 2.11. The predicted molar refractivity (Wildman–Crippen MR) is 93.7 cm³/mol. The molecule has 0 radical (unpaired) electrons. The molecule has 0 aliphatic rings. The molecule has 7 nitrogen and oxygen atoms in total. The second kappa shape index (κ2) is 7.04. The second-order valence-corrected chi connectivity index (χ2v) is 5.34. The van der Waals surface area contributed by atoms with E-state index in [9.17, 15) is 4.79 Å². The summed E-state index contributed by atoms with van der Waals surface area (Å²) in [5, 5.41) is 12.8. The minimum Gasteiger partial charge on any atom is -0.493 e. The van der Waals surface area contributed by atoms with E-state index >= 15 is 0 Å². The van der Waals surface area contributed by atoms with Crippen LogP contribution < -0.4 is 14.8 Å². The van der Waals surface area contributed by atoms with E-state index in [0.717, 1.165) is 22.2 Å². The van der Waals surface area contributed by atoms with Crippen LogP contribution in [0.15, 0.2) is 42.7 Å². The molecule has 0 aliphatic heterocycles. The Kier molecular flexibility index (Phi) is 4.65. The maximum atomic E-state index is 10.7. The summed E-state index contributed by atoms with van der Waals surface area (Å²) >= 11 is 0. The summed E-state index contributed by atoms with van der Waals surface area (Å²) in [6, 6.07) is 10.8. The highest BCUT2D eigenvalue weighted by molar-refractivity contribution is 5.93. The minimum atomic E-state index is -0.858. The minimum absolute atomic E-state index is 0.00624. The van der Waals surface area contributed by atoms with Gasteiger partial charge in [-0.25, -0.2) is 9.97 Å². The fourth-order valence-electron chi connectivity index (χ4n) is 2.50. The number of ether oxygens (including phenoxy) is 2. The molecule has 128 valence electrons. The lowest BCUT2D eigenvalue weighted by molar-refractivity contribution is -0.136. The van der Waals surface area contributed by atoms with Crippen molar-refractivity contribution in [2.75, 3.05) is 19.5 Å². The third-order valence-electron chi connectivity index (χ3n) is 3.71. The summed E-state index contributed by atoms with van der Waals surface area (Å²) in [5.74, 6) is 0.947. The van der Waals surface area contributed by atoms with Crippen LogP contribution >= 0.6 is 0 Å². The lowest BCUT2D eigenvalue weighted by atomic mass is 10.1. The number of nitrogens with one attached hydrogen (secondary N) is 1. The molecule has 0 spiro atoms. The molecular weight excluding hydrogens is 322 g/mol. The summed E-state index contributed by atoms with van der Waals surface area (Å²) < 4.78 is 10.6. The molecule has 1 heterocycles. The topological polar surface area (TPSA) is 93.6 Å². The quantitative estimate of drug-likeness (QED) is 0.713. The van der Waals surface area contributed by atoms with Crippen LogP contribution in [0.4, 0.5) is 11.5 Å². The average Bonchev–Trinajstić information content (AvgIpc) is 2.62. The highest BCUT2D eigenvalue weighted by Crippen LogP contribution is 2.34. The Morgan fingerprint density at radius 2 is 1.76 bits per heavy atom. The van der Waals surface area contributed by atoms with E-state index in [2.05, 4.69) is 15.3 Å². The first-order valence-electron chi connectivity index (χ1n) is 7.55. The molecule has 25 heavy (non-hydrogen) atoms. The Bertz CT molecular complexity index is 910. The van der Waals surface area contributed by atoms with E-state index in [-0.39, 0.29) is 6.42 Å². The van der Waals surface area contributed by atoms with Crippen molar-refractivity contribution >= 4 is 28.4 Å². The molecule has 0 aliphatic carbocycles. The molecule has 2 N–H and O–H groups in total. The van der Waals surface area contributed by atoms with E-state index in [1.54, 1.807) is 32.4 Å². The number of hydrogen-bond acceptors (Lipinski definition) is 6. The molecule has 7 heteroatoms. The molecule has 0 saturated heterocycles. The van der Waals surface area contributed by atoms with Crippen molar-refractivity contribution in [3.05, 3.63) is 48.3 Å². The van der Waals surface area contributed by atoms with Crippen LogP contribution in [0, 0.1) is 0 Å². The van der Waals surface area contributed by atoms with Crippen molar-refractivity contribution < 1.29 is 19.4 Å². The van der Waals surface area contributed by atoms with E-state index in [1.807, 2.05) is 18.2 Å². The zero-order chi connectivity index (χ0) is 17.8. The molecule has 3 rings (SSSR count). The molecule has 3 aromatic rings. The lowest BCUT2D eigenvalue weighted by Gasteiger charge is -2.12. The molecule has 0 fully saturated rings. The second-order valence-electron chi connectivity index (χ2n) is 5.34. The number of carboxylic acid groups (broad SMARTS) is 1. The van der Waals surface area contributed by atoms with Crippen LogP contribution in [0.25, 0.3) is 10.9 Å². The highest BCUT2D eigenvalue weighted by atomic mass is 16.5. The van der Waals surface area contributed by atoms with Crippen molar-refractivity contribution in [2.24, 2.45) is 0 Å². The zero-order valence-electron chi connectivity index (χ0n) is 13.8. The number of hydrogen-bond donors (Lipinski definition) is 2. The number of fused-ring (bicyclic) bond motifs is 1. The molecule has 0 atom stereocenters. The van der Waals surface area contributed by atoms with Crippen molar-refractivity contribution in [3.63, 3.8) is 0 Å². The largest absolute Gasteiger partial charge is 0.493 e. The molecular formula is C18H17N3O4. The number of carboxylic acids is 1. The first-order valence-corrected chi connectivity index (χ1v) is 7.55. The number of benzene rings is 2. The van der Waals surface area contributed by atoms with Gasteiger partial charge >= 0.3 is 5.97 Å². The molecule has 1 aromatic heterocycles. The summed E-state index contributed by atoms with van der Waals surface area (Å²) in [5.41, 5.74) is 2.25. The number of methoxy groups -OCH3 is 2. The number of nitrogens with zero attached hydrogens (tertiary/aromatic N) is 2. The monoisotopic (exact) mass is 339 g/mol. The molecule has 0 bridgehead atoms. The van der Waals surface area contributed by atoms with Gasteiger partial charge in [0.15, 0.2) is 11.5 Å². The van der Waals surface area contributed by atoms with Crippen molar-refractivity contribution in [1.29, 1.82) is 0 Å². The Labute approximate surface area is 144 Å². The third kappa shape index (κ3) is 3.60. The van der Waals surface area contributed by atoms with Gasteiger partial charge in [-0.1, -0.05) is 12.1 Å². The van der Waals surface area contributed by atoms with Gasteiger partial charge in [-0.15, -0.1) is 0 Å². The van der Waals surface area contributed by atoms with Crippen LogP contribution in [-0.4, -0.2) is 35.3 Å². The van der Waals surface area contributed by atoms with Gasteiger partial charge in [0.25, 0.3) is 0 Å². The van der Waals surface area contributed by atoms with Gasteiger partial charge in [-0.2, -0.15) is 0 Å². The fourth-order valence-corrected chi connectivity index (χ4v) is 2.50. The Morgan fingerprint density at radius 3 is 2.40 bits per heavy atom. The van der Waals surface area contributed by atoms with Crippen molar-refractivity contribution in [1.82, 2.24) is 9.97 Å². The van der Waals surface area contributed by atoms with E-state index in [4.69, 9.17) is 14.6 Å². The SMILES string of the molecule is COc1cc2ncnc(Nc3ccc(CC(=O)O)cc3)c2cc1OC. The van der Waals surface area contributed by atoms with Crippen molar-refractivity contribution in [2.45, 2.75) is 6.42 Å². The Hall–Kier alpha value is -3.35. The zero-order valence-corrected chi connectivity index (χ0v) is 13.8. The molecule has 0 saturated carbocycles. The normalized spacial score (nSPS) is 10.5. The van der Waals surface area contributed by atoms with Gasteiger partial charge in [-0.3, -0.25) is 4.79 Å². The first-order chi connectivity index (χ1) is 12.1. The van der Waals surface area contributed by atoms with Crippen LogP contribution in [-0.2, 0) is 11.2 Å². The lowest BCUT2D eigenvalue weighted by Crippen LogP contribution is -2.00. The summed E-state index contributed by atoms with van der Waals surface area (Å²) in [6.45, 7) is 0.